The maximum absolute atomic E-state index is 12.3. The average molecular weight is 281 g/mol. The van der Waals surface area contributed by atoms with E-state index in [9.17, 15) is 22.8 Å². The second-order valence-corrected chi connectivity index (χ2v) is 4.90. The van der Waals surface area contributed by atoms with Gasteiger partial charge in [-0.2, -0.15) is 13.2 Å². The third-order valence-electron chi connectivity index (χ3n) is 3.59. The van der Waals surface area contributed by atoms with Crippen molar-refractivity contribution in [3.8, 4) is 0 Å². The van der Waals surface area contributed by atoms with Gasteiger partial charge < -0.3 is 10.0 Å². The van der Waals surface area contributed by atoms with Crippen LogP contribution in [0.25, 0.3) is 0 Å². The monoisotopic (exact) mass is 281 g/mol. The fourth-order valence-electron chi connectivity index (χ4n) is 2.44. The summed E-state index contributed by atoms with van der Waals surface area (Å²) in [5, 5.41) is 8.83. The molecule has 0 saturated heterocycles. The van der Waals surface area contributed by atoms with Crippen molar-refractivity contribution >= 4 is 11.9 Å². The van der Waals surface area contributed by atoms with Crippen LogP contribution in [0.3, 0.4) is 0 Å². The molecule has 110 valence electrons. The number of rotatable bonds is 4. The van der Waals surface area contributed by atoms with E-state index in [-0.39, 0.29) is 19.0 Å². The van der Waals surface area contributed by atoms with Crippen molar-refractivity contribution in [1.82, 2.24) is 4.90 Å². The first-order valence-electron chi connectivity index (χ1n) is 6.34. The Balaban J connectivity index is 2.50. The number of carboxylic acids is 1. The number of hydrogen-bond acceptors (Lipinski definition) is 2. The second kappa shape index (κ2) is 6.25. The molecule has 0 unspecified atom stereocenters. The Labute approximate surface area is 109 Å². The van der Waals surface area contributed by atoms with E-state index in [1.54, 1.807) is 0 Å². The van der Waals surface area contributed by atoms with E-state index in [4.69, 9.17) is 5.11 Å². The van der Waals surface area contributed by atoms with Gasteiger partial charge in [-0.1, -0.05) is 0 Å². The molecular formula is C12H18F3NO3. The summed E-state index contributed by atoms with van der Waals surface area (Å²) in [5.74, 6) is -3.10. The smallest absolute Gasteiger partial charge is 0.471 e. The van der Waals surface area contributed by atoms with Crippen LogP contribution in [0, 0.1) is 11.8 Å². The van der Waals surface area contributed by atoms with Gasteiger partial charge in [0.2, 0.25) is 0 Å². The maximum atomic E-state index is 12.3. The highest BCUT2D eigenvalue weighted by Crippen LogP contribution is 2.30. The maximum Gasteiger partial charge on any atom is 0.471 e. The Bertz CT molecular complexity index is 336. The lowest BCUT2D eigenvalue weighted by Gasteiger charge is -2.31. The summed E-state index contributed by atoms with van der Waals surface area (Å²) in [6, 6.07) is 0. The molecule has 7 heteroatoms. The third kappa shape index (κ3) is 4.40. The van der Waals surface area contributed by atoms with Gasteiger partial charge in [0.25, 0.3) is 0 Å². The van der Waals surface area contributed by atoms with E-state index in [0.29, 0.717) is 25.7 Å². The van der Waals surface area contributed by atoms with Crippen molar-refractivity contribution in [1.29, 1.82) is 0 Å². The highest BCUT2D eigenvalue weighted by Gasteiger charge is 2.42. The summed E-state index contributed by atoms with van der Waals surface area (Å²) >= 11 is 0. The van der Waals surface area contributed by atoms with E-state index in [2.05, 4.69) is 0 Å². The van der Waals surface area contributed by atoms with E-state index in [1.165, 1.54) is 6.92 Å². The summed E-state index contributed by atoms with van der Waals surface area (Å²) in [6.45, 7) is 1.57. The van der Waals surface area contributed by atoms with Crippen LogP contribution in [0.2, 0.25) is 0 Å². The number of carbonyl (C=O) groups is 2. The summed E-state index contributed by atoms with van der Waals surface area (Å²) < 4.78 is 37.0. The van der Waals surface area contributed by atoms with Crippen LogP contribution in [-0.4, -0.2) is 41.1 Å². The molecule has 1 amide bonds. The fraction of sp³-hybridized carbons (Fsp3) is 0.833. The Morgan fingerprint density at radius 2 is 1.74 bits per heavy atom. The van der Waals surface area contributed by atoms with Gasteiger partial charge in [0, 0.05) is 13.1 Å². The van der Waals surface area contributed by atoms with E-state index < -0.39 is 24.0 Å². The van der Waals surface area contributed by atoms with Gasteiger partial charge >= 0.3 is 18.1 Å². The van der Waals surface area contributed by atoms with Crippen molar-refractivity contribution in [2.45, 2.75) is 38.8 Å². The zero-order valence-corrected chi connectivity index (χ0v) is 10.7. The SMILES string of the molecule is CCN(CC1CCC(C(=O)O)CC1)C(=O)C(F)(F)F. The van der Waals surface area contributed by atoms with Gasteiger partial charge in [-0.05, 0) is 38.5 Å². The minimum Gasteiger partial charge on any atom is -0.481 e. The largest absolute Gasteiger partial charge is 0.481 e. The minimum absolute atomic E-state index is 0.0111. The topological polar surface area (TPSA) is 57.6 Å². The number of halogens is 3. The second-order valence-electron chi connectivity index (χ2n) is 4.90. The summed E-state index contributed by atoms with van der Waals surface area (Å²) in [5.41, 5.74) is 0. The molecule has 1 aliphatic carbocycles. The van der Waals surface area contributed by atoms with Gasteiger partial charge in [0.1, 0.15) is 0 Å². The molecule has 4 nitrogen and oxygen atoms in total. The van der Waals surface area contributed by atoms with E-state index >= 15 is 0 Å². The molecule has 1 rings (SSSR count). The van der Waals surface area contributed by atoms with Crippen LogP contribution < -0.4 is 0 Å². The molecule has 0 atom stereocenters. The molecule has 1 saturated carbocycles. The molecule has 0 aromatic carbocycles. The minimum atomic E-state index is -4.84. The lowest BCUT2D eigenvalue weighted by Crippen LogP contribution is -2.44. The van der Waals surface area contributed by atoms with Crippen molar-refractivity contribution < 1.29 is 27.9 Å². The number of amides is 1. The highest BCUT2D eigenvalue weighted by atomic mass is 19.4. The number of aliphatic carboxylic acids is 1. The van der Waals surface area contributed by atoms with E-state index in [1.807, 2.05) is 0 Å². The number of carboxylic acid groups (broad SMARTS) is 1. The third-order valence-corrected chi connectivity index (χ3v) is 3.59. The standard InChI is InChI=1S/C12H18F3NO3/c1-2-16(11(19)12(13,14)15)7-8-3-5-9(6-4-8)10(17)18/h8-9H,2-7H2,1H3,(H,17,18). The van der Waals surface area contributed by atoms with E-state index in [0.717, 1.165) is 4.90 Å². The zero-order valence-electron chi connectivity index (χ0n) is 10.7. The molecule has 0 radical (unpaired) electrons. The molecule has 19 heavy (non-hydrogen) atoms. The fourth-order valence-corrected chi connectivity index (χ4v) is 2.44. The lowest BCUT2D eigenvalue weighted by molar-refractivity contribution is -0.186. The molecule has 0 spiro atoms. The predicted octanol–water partition coefficient (Wildman–Crippen LogP) is 2.29. The van der Waals surface area contributed by atoms with Crippen molar-refractivity contribution in [3.05, 3.63) is 0 Å². The lowest BCUT2D eigenvalue weighted by atomic mass is 9.82. The number of nitrogens with zero attached hydrogens (tertiary/aromatic N) is 1. The van der Waals surface area contributed by atoms with Gasteiger partial charge in [-0.3, -0.25) is 9.59 Å². The van der Waals surface area contributed by atoms with Crippen LogP contribution in [0.4, 0.5) is 13.2 Å². The molecule has 0 heterocycles. The first kappa shape index (κ1) is 15.8. The Morgan fingerprint density at radius 3 is 2.11 bits per heavy atom. The normalized spacial score (nSPS) is 24.0. The molecule has 0 bridgehead atoms. The van der Waals surface area contributed by atoms with Crippen molar-refractivity contribution in [2.24, 2.45) is 11.8 Å². The molecule has 1 aliphatic rings. The van der Waals surface area contributed by atoms with Crippen LogP contribution in [0.15, 0.2) is 0 Å². The van der Waals surface area contributed by atoms with Gasteiger partial charge in [0.05, 0.1) is 5.92 Å². The summed E-state index contributed by atoms with van der Waals surface area (Å²) in [4.78, 5) is 22.7. The molecule has 1 fully saturated rings. The van der Waals surface area contributed by atoms with Crippen LogP contribution >= 0.6 is 0 Å². The Hall–Kier alpha value is -1.27. The first-order chi connectivity index (χ1) is 8.75. The van der Waals surface area contributed by atoms with Gasteiger partial charge in [0.15, 0.2) is 0 Å². The van der Waals surface area contributed by atoms with Crippen LogP contribution in [0.1, 0.15) is 32.6 Å². The number of hydrogen-bond donors (Lipinski definition) is 1. The molecule has 0 aromatic heterocycles. The molecular weight excluding hydrogens is 263 g/mol. The molecule has 1 N–H and O–H groups in total. The first-order valence-corrected chi connectivity index (χ1v) is 6.34. The zero-order chi connectivity index (χ0) is 14.6. The Kier molecular flexibility index (Phi) is 5.20. The predicted molar refractivity (Wildman–Crippen MR) is 61.4 cm³/mol. The summed E-state index contributed by atoms with van der Waals surface area (Å²) in [6.07, 6.45) is -2.79. The van der Waals surface area contributed by atoms with Gasteiger partial charge in [-0.25, -0.2) is 0 Å². The van der Waals surface area contributed by atoms with Crippen LogP contribution in [-0.2, 0) is 9.59 Å². The molecule has 0 aromatic rings. The Morgan fingerprint density at radius 1 is 1.21 bits per heavy atom. The summed E-state index contributed by atoms with van der Waals surface area (Å²) in [7, 11) is 0. The quantitative estimate of drug-likeness (QED) is 0.860. The highest BCUT2D eigenvalue weighted by molar-refractivity contribution is 5.81. The average Bonchev–Trinajstić information content (AvgIpc) is 2.34. The van der Waals surface area contributed by atoms with Gasteiger partial charge in [-0.15, -0.1) is 0 Å². The van der Waals surface area contributed by atoms with Crippen LogP contribution in [0.5, 0.6) is 0 Å². The van der Waals surface area contributed by atoms with Crippen molar-refractivity contribution in [3.63, 3.8) is 0 Å². The molecule has 0 aliphatic heterocycles. The number of alkyl halides is 3. The van der Waals surface area contributed by atoms with Crippen molar-refractivity contribution in [2.75, 3.05) is 13.1 Å². The number of carbonyl (C=O) groups excluding carboxylic acids is 1.